The molecule has 0 radical (unpaired) electrons. The maximum Gasteiger partial charge on any atom is 0.142 e. The van der Waals surface area contributed by atoms with E-state index in [1.54, 1.807) is 18.2 Å². The van der Waals surface area contributed by atoms with E-state index in [0.29, 0.717) is 29.0 Å². The molecule has 1 N–H and O–H groups in total. The van der Waals surface area contributed by atoms with Gasteiger partial charge in [0.1, 0.15) is 12.0 Å². The molecule has 2 aliphatic rings. The standard InChI is InChI=1S/C28H43NO2/c1-7-24-23-13-14-26(29(6)19-21-9-11-22(31)12-10-21)28(5,16-8-18-30)25(23)15-17-27(24,4)20(2)3/h8-12,16,18,20,23-26,31H,7,13-15,17,19H2,1-6H3/b16-8-. The molecule has 0 amide bonds. The number of phenols is 1. The Labute approximate surface area is 189 Å². The van der Waals surface area contributed by atoms with Gasteiger partial charge in [0.15, 0.2) is 0 Å². The molecule has 3 rings (SSSR count). The van der Waals surface area contributed by atoms with Crippen molar-refractivity contribution in [3.63, 3.8) is 0 Å². The van der Waals surface area contributed by atoms with Crippen LogP contribution in [-0.2, 0) is 11.3 Å². The minimum Gasteiger partial charge on any atom is -0.508 e. The summed E-state index contributed by atoms with van der Waals surface area (Å²) in [6.07, 6.45) is 11.2. The molecule has 0 aromatic heterocycles. The minimum atomic E-state index is -0.0127. The second-order valence-corrected chi connectivity index (χ2v) is 11.0. The van der Waals surface area contributed by atoms with Crippen molar-refractivity contribution in [1.29, 1.82) is 0 Å². The highest BCUT2D eigenvalue weighted by atomic mass is 16.3. The molecular weight excluding hydrogens is 382 g/mol. The van der Waals surface area contributed by atoms with Gasteiger partial charge in [0.05, 0.1) is 0 Å². The number of hydrogen-bond acceptors (Lipinski definition) is 3. The number of carbonyl (C=O) groups excluding carboxylic acids is 1. The van der Waals surface area contributed by atoms with Crippen LogP contribution in [0.2, 0.25) is 0 Å². The van der Waals surface area contributed by atoms with E-state index in [1.165, 1.54) is 37.7 Å². The molecule has 3 nitrogen and oxygen atoms in total. The molecule has 3 heteroatoms. The fourth-order valence-corrected chi connectivity index (χ4v) is 7.38. The van der Waals surface area contributed by atoms with Crippen molar-refractivity contribution in [3.8, 4) is 5.75 Å². The molecule has 31 heavy (non-hydrogen) atoms. The Morgan fingerprint density at radius 2 is 1.84 bits per heavy atom. The zero-order valence-electron chi connectivity index (χ0n) is 20.5. The highest BCUT2D eigenvalue weighted by molar-refractivity contribution is 5.65. The lowest BCUT2D eigenvalue weighted by Crippen LogP contribution is -2.57. The Morgan fingerprint density at radius 3 is 2.42 bits per heavy atom. The predicted molar refractivity (Wildman–Crippen MR) is 129 cm³/mol. The van der Waals surface area contributed by atoms with Crippen LogP contribution in [0.5, 0.6) is 5.75 Å². The van der Waals surface area contributed by atoms with Crippen molar-refractivity contribution in [3.05, 3.63) is 42.0 Å². The lowest BCUT2D eigenvalue weighted by molar-refractivity contribution is -0.106. The fourth-order valence-electron chi connectivity index (χ4n) is 7.38. The predicted octanol–water partition coefficient (Wildman–Crippen LogP) is 6.46. The van der Waals surface area contributed by atoms with Crippen molar-refractivity contribution in [2.75, 3.05) is 7.05 Å². The second-order valence-electron chi connectivity index (χ2n) is 11.0. The van der Waals surface area contributed by atoms with E-state index in [4.69, 9.17) is 0 Å². The largest absolute Gasteiger partial charge is 0.508 e. The summed E-state index contributed by atoms with van der Waals surface area (Å²) in [6, 6.07) is 7.96. The molecule has 6 unspecified atom stereocenters. The summed E-state index contributed by atoms with van der Waals surface area (Å²) < 4.78 is 0. The average Bonchev–Trinajstić information content (AvgIpc) is 2.73. The normalized spacial score (nSPS) is 36.1. The minimum absolute atomic E-state index is 0.0127. The lowest BCUT2D eigenvalue weighted by atomic mass is 9.46. The van der Waals surface area contributed by atoms with Gasteiger partial charge in [-0.25, -0.2) is 0 Å². The Balaban J connectivity index is 1.91. The van der Waals surface area contributed by atoms with E-state index in [2.05, 4.69) is 52.6 Å². The van der Waals surface area contributed by atoms with Gasteiger partial charge in [-0.3, -0.25) is 9.69 Å². The van der Waals surface area contributed by atoms with Crippen LogP contribution in [0.25, 0.3) is 0 Å². The third-order valence-electron chi connectivity index (χ3n) is 9.36. The fraction of sp³-hybridized carbons (Fsp3) is 0.679. The molecule has 1 aromatic carbocycles. The number of hydrogen-bond donors (Lipinski definition) is 1. The van der Waals surface area contributed by atoms with Crippen molar-refractivity contribution in [2.45, 2.75) is 79.3 Å². The number of aldehydes is 1. The topological polar surface area (TPSA) is 40.5 Å². The van der Waals surface area contributed by atoms with Crippen molar-refractivity contribution >= 4 is 6.29 Å². The van der Waals surface area contributed by atoms with Crippen LogP contribution in [0.15, 0.2) is 36.4 Å². The van der Waals surface area contributed by atoms with Gasteiger partial charge in [-0.2, -0.15) is 0 Å². The Kier molecular flexibility index (Phi) is 7.35. The summed E-state index contributed by atoms with van der Waals surface area (Å²) in [5.74, 6) is 3.10. The summed E-state index contributed by atoms with van der Waals surface area (Å²) in [5.41, 5.74) is 1.61. The molecule has 2 fully saturated rings. The molecule has 2 saturated carbocycles. The molecule has 0 spiro atoms. The molecule has 1 aromatic rings. The smallest absolute Gasteiger partial charge is 0.142 e. The summed E-state index contributed by atoms with van der Waals surface area (Å²) in [6.45, 7) is 13.0. The van der Waals surface area contributed by atoms with E-state index in [-0.39, 0.29) is 5.41 Å². The van der Waals surface area contributed by atoms with Gasteiger partial charge >= 0.3 is 0 Å². The number of aromatic hydroxyl groups is 1. The van der Waals surface area contributed by atoms with Crippen LogP contribution in [0.4, 0.5) is 0 Å². The maximum atomic E-state index is 11.3. The zero-order chi connectivity index (χ0) is 22.8. The number of carbonyl (C=O) groups is 1. The molecule has 0 saturated heterocycles. The maximum absolute atomic E-state index is 11.3. The molecule has 2 aliphatic carbocycles. The SMILES string of the molecule is CCC1C2CCC(N(C)Cc3ccc(O)cc3)C(C)(/C=C\C=O)C2CCC1(C)C(C)C. The Hall–Kier alpha value is -1.61. The number of nitrogens with zero attached hydrogens (tertiary/aromatic N) is 1. The van der Waals surface area contributed by atoms with Crippen LogP contribution < -0.4 is 0 Å². The van der Waals surface area contributed by atoms with Crippen LogP contribution >= 0.6 is 0 Å². The summed E-state index contributed by atoms with van der Waals surface area (Å²) >= 11 is 0. The molecular formula is C28H43NO2. The van der Waals surface area contributed by atoms with Crippen LogP contribution in [0.1, 0.15) is 72.3 Å². The second kappa shape index (κ2) is 9.48. The van der Waals surface area contributed by atoms with Gasteiger partial charge in [0.2, 0.25) is 0 Å². The van der Waals surface area contributed by atoms with E-state index in [0.717, 1.165) is 24.7 Å². The molecule has 0 heterocycles. The third-order valence-corrected chi connectivity index (χ3v) is 9.36. The van der Waals surface area contributed by atoms with Gasteiger partial charge < -0.3 is 5.11 Å². The first-order chi connectivity index (χ1) is 14.7. The summed E-state index contributed by atoms with van der Waals surface area (Å²) in [7, 11) is 2.23. The highest BCUT2D eigenvalue weighted by Crippen LogP contribution is 2.61. The van der Waals surface area contributed by atoms with E-state index in [1.807, 2.05) is 12.1 Å². The summed E-state index contributed by atoms with van der Waals surface area (Å²) in [5, 5.41) is 9.62. The van der Waals surface area contributed by atoms with Crippen LogP contribution in [-0.4, -0.2) is 29.4 Å². The number of benzene rings is 1. The first-order valence-corrected chi connectivity index (χ1v) is 12.3. The number of phenolic OH excluding ortho intramolecular Hbond substituents is 1. The van der Waals surface area contributed by atoms with Gasteiger partial charge in [0, 0.05) is 18.0 Å². The van der Waals surface area contributed by atoms with Crippen molar-refractivity contribution in [1.82, 2.24) is 4.90 Å². The number of fused-ring (bicyclic) bond motifs is 1. The Morgan fingerprint density at radius 1 is 1.16 bits per heavy atom. The van der Waals surface area contributed by atoms with Gasteiger partial charge in [-0.05, 0) is 85.6 Å². The van der Waals surface area contributed by atoms with Crippen molar-refractivity contribution < 1.29 is 9.90 Å². The van der Waals surface area contributed by atoms with Gasteiger partial charge in [0.25, 0.3) is 0 Å². The number of rotatable bonds is 7. The van der Waals surface area contributed by atoms with E-state index < -0.39 is 0 Å². The summed E-state index contributed by atoms with van der Waals surface area (Å²) in [4.78, 5) is 13.8. The highest BCUT2D eigenvalue weighted by Gasteiger charge is 2.55. The van der Waals surface area contributed by atoms with Gasteiger partial charge in [-0.1, -0.05) is 59.2 Å². The zero-order valence-corrected chi connectivity index (χ0v) is 20.5. The molecule has 172 valence electrons. The molecule has 0 bridgehead atoms. The van der Waals surface area contributed by atoms with Crippen LogP contribution in [0, 0.1) is 34.5 Å². The van der Waals surface area contributed by atoms with E-state index in [9.17, 15) is 9.90 Å². The quantitative estimate of drug-likeness (QED) is 0.402. The first kappa shape index (κ1) is 24.0. The third kappa shape index (κ3) is 4.49. The molecule has 6 atom stereocenters. The number of allylic oxidation sites excluding steroid dienone is 1. The Bertz CT molecular complexity index is 770. The van der Waals surface area contributed by atoms with Gasteiger partial charge in [-0.15, -0.1) is 0 Å². The van der Waals surface area contributed by atoms with Crippen molar-refractivity contribution in [2.24, 2.45) is 34.5 Å². The van der Waals surface area contributed by atoms with Crippen LogP contribution in [0.3, 0.4) is 0 Å². The lowest BCUT2D eigenvalue weighted by Gasteiger charge is -2.61. The van der Waals surface area contributed by atoms with E-state index >= 15 is 0 Å². The average molecular weight is 426 g/mol. The molecule has 0 aliphatic heterocycles. The monoisotopic (exact) mass is 425 g/mol. The first-order valence-electron chi connectivity index (χ1n) is 12.3.